The summed E-state index contributed by atoms with van der Waals surface area (Å²) in [5, 5.41) is 0.782. The van der Waals surface area contributed by atoms with Crippen molar-refractivity contribution in [1.82, 2.24) is 9.71 Å². The van der Waals surface area contributed by atoms with Crippen LogP contribution in [0.25, 0.3) is 10.6 Å². The van der Waals surface area contributed by atoms with Crippen molar-refractivity contribution in [1.29, 1.82) is 0 Å². The van der Waals surface area contributed by atoms with Crippen molar-refractivity contribution in [2.24, 2.45) is 0 Å². The third kappa shape index (κ3) is 4.09. The Hall–Kier alpha value is -2.16. The first kappa shape index (κ1) is 17.7. The molecule has 4 nitrogen and oxygen atoms in total. The van der Waals surface area contributed by atoms with Gasteiger partial charge < -0.3 is 0 Å². The van der Waals surface area contributed by atoms with E-state index < -0.39 is 26.6 Å². The van der Waals surface area contributed by atoms with Gasteiger partial charge in [-0.1, -0.05) is 30.3 Å². The molecule has 0 amide bonds. The average Bonchev–Trinajstić information content (AvgIpc) is 2.94. The van der Waals surface area contributed by atoms with Crippen LogP contribution in [0.2, 0.25) is 0 Å². The SMILES string of the molecule is Cc1nc(-c2ccccc2)sc1CNS(=O)(=O)c1cc(F)cc(F)c1. The molecule has 0 saturated carbocycles. The number of nitrogens with one attached hydrogen (secondary N) is 1. The monoisotopic (exact) mass is 380 g/mol. The Morgan fingerprint density at radius 1 is 1.08 bits per heavy atom. The Morgan fingerprint density at radius 3 is 2.36 bits per heavy atom. The number of benzene rings is 2. The van der Waals surface area contributed by atoms with Gasteiger partial charge >= 0.3 is 0 Å². The minimum Gasteiger partial charge on any atom is -0.241 e. The van der Waals surface area contributed by atoms with E-state index in [0.717, 1.165) is 27.6 Å². The number of aryl methyl sites for hydroxylation is 1. The Morgan fingerprint density at radius 2 is 1.72 bits per heavy atom. The Balaban J connectivity index is 1.80. The molecule has 25 heavy (non-hydrogen) atoms. The van der Waals surface area contributed by atoms with Crippen molar-refractivity contribution in [3.05, 3.63) is 70.7 Å². The molecule has 2 aromatic carbocycles. The van der Waals surface area contributed by atoms with Crippen molar-refractivity contribution < 1.29 is 17.2 Å². The summed E-state index contributed by atoms with van der Waals surface area (Å²) in [6, 6.07) is 11.7. The lowest BCUT2D eigenvalue weighted by molar-refractivity contribution is 0.561. The Bertz CT molecular complexity index is 982. The Labute approximate surface area is 148 Å². The van der Waals surface area contributed by atoms with Crippen LogP contribution in [-0.2, 0) is 16.6 Å². The van der Waals surface area contributed by atoms with Crippen molar-refractivity contribution in [3.8, 4) is 10.6 Å². The van der Waals surface area contributed by atoms with Crippen LogP contribution in [0.1, 0.15) is 10.6 Å². The number of aromatic nitrogens is 1. The second-order valence-electron chi connectivity index (χ2n) is 5.32. The number of nitrogens with zero attached hydrogens (tertiary/aromatic N) is 1. The van der Waals surface area contributed by atoms with E-state index in [-0.39, 0.29) is 6.54 Å². The largest absolute Gasteiger partial charge is 0.241 e. The fourth-order valence-corrected chi connectivity index (χ4v) is 4.36. The maximum Gasteiger partial charge on any atom is 0.241 e. The zero-order valence-corrected chi connectivity index (χ0v) is 14.8. The molecule has 0 unspecified atom stereocenters. The summed E-state index contributed by atoms with van der Waals surface area (Å²) < 4.78 is 53.3. The highest BCUT2D eigenvalue weighted by atomic mass is 32.2. The molecule has 0 saturated heterocycles. The standard InChI is InChI=1S/C17H14F2N2O2S2/c1-11-16(24-17(21-11)12-5-3-2-4-6-12)10-20-25(22,23)15-8-13(18)7-14(19)9-15/h2-9,20H,10H2,1H3. The molecule has 0 radical (unpaired) electrons. The zero-order valence-electron chi connectivity index (χ0n) is 13.2. The third-order valence-electron chi connectivity index (χ3n) is 3.48. The summed E-state index contributed by atoms with van der Waals surface area (Å²) in [5.74, 6) is -1.89. The maximum atomic E-state index is 13.2. The fourth-order valence-electron chi connectivity index (χ4n) is 2.22. The molecular weight excluding hydrogens is 366 g/mol. The summed E-state index contributed by atoms with van der Waals surface area (Å²) in [6.07, 6.45) is 0. The second-order valence-corrected chi connectivity index (χ2v) is 8.17. The molecule has 3 rings (SSSR count). The summed E-state index contributed by atoms with van der Waals surface area (Å²) in [6.45, 7) is 1.78. The average molecular weight is 380 g/mol. The van der Waals surface area contributed by atoms with Crippen LogP contribution in [0.3, 0.4) is 0 Å². The van der Waals surface area contributed by atoms with Crippen molar-refractivity contribution in [3.63, 3.8) is 0 Å². The first-order valence-electron chi connectivity index (χ1n) is 7.32. The van der Waals surface area contributed by atoms with Gasteiger partial charge in [0.25, 0.3) is 0 Å². The number of halogens is 2. The van der Waals surface area contributed by atoms with Crippen LogP contribution in [0, 0.1) is 18.6 Å². The van der Waals surface area contributed by atoms with Crippen LogP contribution in [-0.4, -0.2) is 13.4 Å². The van der Waals surface area contributed by atoms with Gasteiger partial charge in [-0.3, -0.25) is 0 Å². The van der Waals surface area contributed by atoms with Gasteiger partial charge in [-0.15, -0.1) is 11.3 Å². The van der Waals surface area contributed by atoms with Crippen LogP contribution in [0.4, 0.5) is 8.78 Å². The molecule has 0 aliphatic carbocycles. The predicted octanol–water partition coefficient (Wildman–Crippen LogP) is 3.88. The minimum atomic E-state index is -4.03. The maximum absolute atomic E-state index is 13.2. The number of sulfonamides is 1. The van der Waals surface area contributed by atoms with Crippen molar-refractivity contribution >= 4 is 21.4 Å². The van der Waals surface area contributed by atoms with Gasteiger partial charge in [0, 0.05) is 23.1 Å². The van der Waals surface area contributed by atoms with Gasteiger partial charge in [-0.2, -0.15) is 0 Å². The molecular formula is C17H14F2N2O2S2. The molecule has 0 aliphatic rings. The van der Waals surface area contributed by atoms with E-state index in [4.69, 9.17) is 0 Å². The van der Waals surface area contributed by atoms with Gasteiger partial charge in [-0.05, 0) is 19.1 Å². The molecule has 1 N–H and O–H groups in total. The van der Waals surface area contributed by atoms with Gasteiger partial charge in [-0.25, -0.2) is 26.9 Å². The van der Waals surface area contributed by atoms with E-state index in [1.165, 1.54) is 11.3 Å². The third-order valence-corrected chi connectivity index (χ3v) is 6.07. The lowest BCUT2D eigenvalue weighted by Gasteiger charge is -2.06. The molecule has 0 atom stereocenters. The molecule has 0 aliphatic heterocycles. The van der Waals surface area contributed by atoms with Gasteiger partial charge in [0.05, 0.1) is 10.6 Å². The summed E-state index contributed by atoms with van der Waals surface area (Å²) in [4.78, 5) is 4.73. The molecule has 0 bridgehead atoms. The summed E-state index contributed by atoms with van der Waals surface area (Å²) >= 11 is 1.37. The molecule has 1 heterocycles. The lowest BCUT2D eigenvalue weighted by Crippen LogP contribution is -2.23. The highest BCUT2D eigenvalue weighted by Gasteiger charge is 2.18. The van der Waals surface area contributed by atoms with Gasteiger partial charge in [0.2, 0.25) is 10.0 Å². The summed E-state index contributed by atoms with van der Waals surface area (Å²) in [7, 11) is -4.03. The fraction of sp³-hybridized carbons (Fsp3) is 0.118. The second kappa shape index (κ2) is 6.99. The smallest absolute Gasteiger partial charge is 0.241 e. The molecule has 0 spiro atoms. The predicted molar refractivity (Wildman–Crippen MR) is 92.7 cm³/mol. The van der Waals surface area contributed by atoms with E-state index in [1.54, 1.807) is 6.92 Å². The van der Waals surface area contributed by atoms with Gasteiger partial charge in [0.15, 0.2) is 0 Å². The molecule has 0 fully saturated rings. The highest BCUT2D eigenvalue weighted by Crippen LogP contribution is 2.28. The molecule has 8 heteroatoms. The number of rotatable bonds is 5. The topological polar surface area (TPSA) is 59.1 Å². The normalized spacial score (nSPS) is 11.6. The number of thiazole rings is 1. The lowest BCUT2D eigenvalue weighted by atomic mass is 10.2. The van der Waals surface area contributed by atoms with E-state index in [9.17, 15) is 17.2 Å². The first-order chi connectivity index (χ1) is 11.8. The first-order valence-corrected chi connectivity index (χ1v) is 9.62. The van der Waals surface area contributed by atoms with Crippen molar-refractivity contribution in [2.45, 2.75) is 18.4 Å². The summed E-state index contributed by atoms with van der Waals surface area (Å²) in [5.41, 5.74) is 1.65. The highest BCUT2D eigenvalue weighted by molar-refractivity contribution is 7.89. The van der Waals surface area contributed by atoms with E-state index >= 15 is 0 Å². The molecule has 1 aromatic heterocycles. The van der Waals surface area contributed by atoms with Gasteiger partial charge in [0.1, 0.15) is 16.6 Å². The number of hydrogen-bond acceptors (Lipinski definition) is 4. The zero-order chi connectivity index (χ0) is 18.0. The van der Waals surface area contributed by atoms with Crippen LogP contribution < -0.4 is 4.72 Å². The van der Waals surface area contributed by atoms with E-state index in [0.29, 0.717) is 11.8 Å². The van der Waals surface area contributed by atoms with E-state index in [1.807, 2.05) is 30.3 Å². The van der Waals surface area contributed by atoms with Crippen LogP contribution >= 0.6 is 11.3 Å². The van der Waals surface area contributed by atoms with E-state index in [2.05, 4.69) is 9.71 Å². The quantitative estimate of drug-likeness (QED) is 0.731. The minimum absolute atomic E-state index is 0.00318. The van der Waals surface area contributed by atoms with Crippen molar-refractivity contribution in [2.75, 3.05) is 0 Å². The van der Waals surface area contributed by atoms with Crippen LogP contribution in [0.5, 0.6) is 0 Å². The Kier molecular flexibility index (Phi) is 4.94. The molecule has 3 aromatic rings. The molecule has 130 valence electrons. The van der Waals surface area contributed by atoms with Crippen LogP contribution in [0.15, 0.2) is 53.4 Å². The number of hydrogen-bond donors (Lipinski definition) is 1.